The van der Waals surface area contributed by atoms with Crippen molar-refractivity contribution in [3.05, 3.63) is 61.4 Å². The van der Waals surface area contributed by atoms with Gasteiger partial charge in [-0.3, -0.25) is 9.36 Å². The van der Waals surface area contributed by atoms with Crippen LogP contribution in [0.4, 0.5) is 0 Å². The molecule has 0 aliphatic carbocycles. The Hall–Kier alpha value is -1.79. The zero-order valence-corrected chi connectivity index (χ0v) is 15.0. The number of pyridine rings is 1. The van der Waals surface area contributed by atoms with E-state index >= 15 is 0 Å². The Morgan fingerprint density at radius 1 is 1.30 bits per heavy atom. The summed E-state index contributed by atoms with van der Waals surface area (Å²) in [5, 5.41) is 0.156. The van der Waals surface area contributed by atoms with Gasteiger partial charge in [0.05, 0.1) is 29.8 Å². The summed E-state index contributed by atoms with van der Waals surface area (Å²) >= 11 is 9.31. The lowest BCUT2D eigenvalue weighted by Gasteiger charge is -2.14. The van der Waals surface area contributed by atoms with E-state index in [1.54, 1.807) is 26.2 Å². The van der Waals surface area contributed by atoms with E-state index < -0.39 is 5.97 Å². The van der Waals surface area contributed by atoms with E-state index in [-0.39, 0.29) is 33.9 Å². The van der Waals surface area contributed by atoms with Gasteiger partial charge >= 0.3 is 5.97 Å². The Morgan fingerprint density at radius 3 is 2.52 bits per heavy atom. The zero-order valence-electron chi connectivity index (χ0n) is 12.6. The van der Waals surface area contributed by atoms with Crippen LogP contribution in [0.25, 0.3) is 0 Å². The quantitative estimate of drug-likeness (QED) is 0.721. The van der Waals surface area contributed by atoms with E-state index in [1.807, 2.05) is 12.1 Å². The van der Waals surface area contributed by atoms with E-state index in [9.17, 15) is 9.59 Å². The van der Waals surface area contributed by atoms with E-state index in [2.05, 4.69) is 15.9 Å². The Kier molecular flexibility index (Phi) is 5.85. The van der Waals surface area contributed by atoms with Gasteiger partial charge in [0.15, 0.2) is 0 Å². The fourth-order valence-electron chi connectivity index (χ4n) is 2.07. The van der Waals surface area contributed by atoms with Gasteiger partial charge in [0, 0.05) is 0 Å². The van der Waals surface area contributed by atoms with E-state index in [4.69, 9.17) is 21.1 Å². The van der Waals surface area contributed by atoms with Crippen molar-refractivity contribution in [2.75, 3.05) is 13.7 Å². The number of methoxy groups -OCH3 is 1. The summed E-state index contributed by atoms with van der Waals surface area (Å²) in [5.41, 5.74) is 0.512. The highest BCUT2D eigenvalue weighted by molar-refractivity contribution is 9.10. The molecule has 0 unspecified atom stereocenters. The Labute approximate surface area is 146 Å². The van der Waals surface area contributed by atoms with Gasteiger partial charge in [-0.2, -0.15) is 0 Å². The van der Waals surface area contributed by atoms with Crippen LogP contribution in [0.3, 0.4) is 0 Å². The second-order valence-corrected chi connectivity index (χ2v) is 5.91. The third kappa shape index (κ3) is 3.95. The van der Waals surface area contributed by atoms with Crippen molar-refractivity contribution in [2.24, 2.45) is 0 Å². The standard InChI is InChI=1S/C16H15BrClNO4/c1-3-23-16(21)14-13(18)8-12(17)15(20)19(14)9-10-4-6-11(22-2)7-5-10/h4-8H,3,9H2,1-2H3. The maximum absolute atomic E-state index is 12.4. The van der Waals surface area contributed by atoms with Gasteiger partial charge in [-0.1, -0.05) is 23.7 Å². The molecule has 0 saturated heterocycles. The molecule has 2 rings (SSSR count). The Morgan fingerprint density at radius 2 is 1.96 bits per heavy atom. The predicted molar refractivity (Wildman–Crippen MR) is 91.5 cm³/mol. The van der Waals surface area contributed by atoms with Crippen LogP contribution >= 0.6 is 27.5 Å². The normalized spacial score (nSPS) is 10.4. The molecule has 5 nitrogen and oxygen atoms in total. The summed E-state index contributed by atoms with van der Waals surface area (Å²) in [6.45, 7) is 2.08. The number of carbonyl (C=O) groups excluding carboxylic acids is 1. The minimum atomic E-state index is -0.629. The molecule has 0 radical (unpaired) electrons. The van der Waals surface area contributed by atoms with Gasteiger partial charge in [-0.05, 0) is 46.6 Å². The third-order valence-electron chi connectivity index (χ3n) is 3.17. The largest absolute Gasteiger partial charge is 0.497 e. The van der Waals surface area contributed by atoms with Crippen LogP contribution in [-0.2, 0) is 11.3 Å². The summed E-state index contributed by atoms with van der Waals surface area (Å²) in [5.74, 6) is 0.0783. The van der Waals surface area contributed by atoms with Gasteiger partial charge in [-0.15, -0.1) is 0 Å². The molecule has 7 heteroatoms. The van der Waals surface area contributed by atoms with Crippen LogP contribution in [0.2, 0.25) is 5.02 Å². The van der Waals surface area contributed by atoms with Gasteiger partial charge in [-0.25, -0.2) is 4.79 Å². The van der Waals surface area contributed by atoms with Crippen LogP contribution in [0.5, 0.6) is 5.75 Å². The molecule has 0 bridgehead atoms. The molecule has 23 heavy (non-hydrogen) atoms. The summed E-state index contributed by atoms with van der Waals surface area (Å²) in [6, 6.07) is 8.60. The predicted octanol–water partition coefficient (Wildman–Crippen LogP) is 3.50. The fraction of sp³-hybridized carbons (Fsp3) is 0.250. The van der Waals surface area contributed by atoms with Gasteiger partial charge < -0.3 is 9.47 Å². The van der Waals surface area contributed by atoms with Gasteiger partial charge in [0.25, 0.3) is 5.56 Å². The first-order chi connectivity index (χ1) is 11.0. The highest BCUT2D eigenvalue weighted by Gasteiger charge is 2.20. The van der Waals surface area contributed by atoms with Crippen molar-refractivity contribution in [1.29, 1.82) is 0 Å². The topological polar surface area (TPSA) is 57.5 Å². The number of esters is 1. The van der Waals surface area contributed by atoms with Crippen molar-refractivity contribution in [1.82, 2.24) is 4.57 Å². The minimum absolute atomic E-state index is 0.0394. The second kappa shape index (κ2) is 7.66. The first-order valence-electron chi connectivity index (χ1n) is 6.86. The third-order valence-corrected chi connectivity index (χ3v) is 4.02. The number of carbonyl (C=O) groups is 1. The van der Waals surface area contributed by atoms with Crippen molar-refractivity contribution < 1.29 is 14.3 Å². The number of halogens is 2. The van der Waals surface area contributed by atoms with Gasteiger partial charge in [0.2, 0.25) is 0 Å². The number of hydrogen-bond acceptors (Lipinski definition) is 4. The van der Waals surface area contributed by atoms with Crippen molar-refractivity contribution in [3.8, 4) is 5.75 Å². The lowest BCUT2D eigenvalue weighted by molar-refractivity contribution is 0.0513. The molecule has 1 heterocycles. The molecule has 0 aliphatic rings. The molecule has 122 valence electrons. The number of nitrogens with zero attached hydrogens (tertiary/aromatic N) is 1. The molecule has 1 aromatic carbocycles. The second-order valence-electron chi connectivity index (χ2n) is 4.65. The molecule has 0 atom stereocenters. The number of hydrogen-bond donors (Lipinski definition) is 0. The van der Waals surface area contributed by atoms with Crippen molar-refractivity contribution in [2.45, 2.75) is 13.5 Å². The van der Waals surface area contributed by atoms with E-state index in [0.29, 0.717) is 5.75 Å². The molecule has 0 fully saturated rings. The number of rotatable bonds is 5. The number of benzene rings is 1. The summed E-state index contributed by atoms with van der Waals surface area (Å²) in [6.07, 6.45) is 0. The first-order valence-corrected chi connectivity index (χ1v) is 8.04. The lowest BCUT2D eigenvalue weighted by Crippen LogP contribution is -2.28. The van der Waals surface area contributed by atoms with E-state index in [0.717, 1.165) is 5.56 Å². The average molecular weight is 401 g/mol. The Balaban J connectivity index is 2.50. The first kappa shape index (κ1) is 17.6. The summed E-state index contributed by atoms with van der Waals surface area (Å²) in [4.78, 5) is 24.5. The molecular formula is C16H15BrClNO4. The monoisotopic (exact) mass is 399 g/mol. The maximum Gasteiger partial charge on any atom is 0.356 e. The molecule has 0 amide bonds. The fourth-order valence-corrected chi connectivity index (χ4v) is 2.94. The van der Waals surface area contributed by atoms with Crippen LogP contribution in [0.1, 0.15) is 23.0 Å². The summed E-state index contributed by atoms with van der Waals surface area (Å²) < 4.78 is 11.7. The molecule has 1 aromatic heterocycles. The van der Waals surface area contributed by atoms with Crippen LogP contribution in [0.15, 0.2) is 39.6 Å². The lowest BCUT2D eigenvalue weighted by atomic mass is 10.2. The minimum Gasteiger partial charge on any atom is -0.497 e. The zero-order chi connectivity index (χ0) is 17.0. The molecule has 0 N–H and O–H groups in total. The smallest absolute Gasteiger partial charge is 0.356 e. The maximum atomic E-state index is 12.4. The Bertz CT molecular complexity index is 771. The number of ether oxygens (including phenoxy) is 2. The molecule has 0 saturated carbocycles. The van der Waals surface area contributed by atoms with Crippen LogP contribution < -0.4 is 10.3 Å². The molecule has 0 spiro atoms. The van der Waals surface area contributed by atoms with Crippen molar-refractivity contribution in [3.63, 3.8) is 0 Å². The van der Waals surface area contributed by atoms with Crippen molar-refractivity contribution >= 4 is 33.5 Å². The van der Waals surface area contributed by atoms with E-state index in [1.165, 1.54) is 10.6 Å². The molecule has 2 aromatic rings. The average Bonchev–Trinajstić information content (AvgIpc) is 2.53. The SMILES string of the molecule is CCOC(=O)c1c(Cl)cc(Br)c(=O)n1Cc1ccc(OC)cc1. The summed E-state index contributed by atoms with van der Waals surface area (Å²) in [7, 11) is 1.58. The molecular weight excluding hydrogens is 386 g/mol. The molecule has 0 aliphatic heterocycles. The number of aromatic nitrogens is 1. The highest BCUT2D eigenvalue weighted by Crippen LogP contribution is 2.21. The van der Waals surface area contributed by atoms with Gasteiger partial charge in [0.1, 0.15) is 11.4 Å². The van der Waals surface area contributed by atoms with Crippen LogP contribution in [-0.4, -0.2) is 24.3 Å². The highest BCUT2D eigenvalue weighted by atomic mass is 79.9. The van der Waals surface area contributed by atoms with Crippen LogP contribution in [0, 0.1) is 0 Å².